The van der Waals surface area contributed by atoms with Crippen molar-refractivity contribution in [1.82, 2.24) is 0 Å². The fourth-order valence-electron chi connectivity index (χ4n) is 5.93. The molecule has 0 radical (unpaired) electrons. The van der Waals surface area contributed by atoms with Crippen LogP contribution in [0.15, 0.2) is 52.9 Å². The Bertz CT molecular complexity index is 1390. The second kappa shape index (κ2) is 12.6. The van der Waals surface area contributed by atoms with Crippen molar-refractivity contribution < 1.29 is 23.6 Å². The van der Waals surface area contributed by atoms with Crippen LogP contribution in [-0.4, -0.2) is 59.7 Å². The topological polar surface area (TPSA) is 88.4 Å². The Kier molecular flexibility index (Phi) is 9.20. The molecule has 1 saturated carbocycles. The van der Waals surface area contributed by atoms with E-state index in [9.17, 15) is 14.1 Å². The first-order valence-corrected chi connectivity index (χ1v) is 16.6. The fraction of sp³-hybridized carbons (Fsp3) is 0.516. The molecule has 3 aliphatic rings. The highest BCUT2D eigenvalue weighted by molar-refractivity contribution is 7.93. The summed E-state index contributed by atoms with van der Waals surface area (Å²) in [4.78, 5) is 15.6. The maximum Gasteiger partial charge on any atom is 0.285 e. The van der Waals surface area contributed by atoms with Crippen LogP contribution in [0.25, 0.3) is 0 Å². The van der Waals surface area contributed by atoms with Crippen molar-refractivity contribution in [3.05, 3.63) is 70.3 Å². The molecule has 0 saturated heterocycles. The number of aliphatic hydroxyl groups is 1. The van der Waals surface area contributed by atoms with Crippen molar-refractivity contribution in [1.29, 1.82) is 0 Å². The number of rotatable bonds is 1. The lowest BCUT2D eigenvalue weighted by molar-refractivity contribution is 0.0128. The molecule has 2 aliphatic heterocycles. The van der Waals surface area contributed by atoms with E-state index in [4.69, 9.17) is 21.1 Å². The van der Waals surface area contributed by atoms with E-state index < -0.39 is 21.7 Å². The van der Waals surface area contributed by atoms with Crippen molar-refractivity contribution in [2.24, 2.45) is 16.2 Å². The van der Waals surface area contributed by atoms with Gasteiger partial charge in [0.25, 0.3) is 5.91 Å². The highest BCUT2D eigenvalue weighted by atomic mass is 35.5. The van der Waals surface area contributed by atoms with E-state index in [-0.39, 0.29) is 18.3 Å². The molecule has 2 aromatic rings. The lowest BCUT2D eigenvalue weighted by Gasteiger charge is -2.43. The average molecular weight is 587 g/mol. The van der Waals surface area contributed by atoms with E-state index in [1.807, 2.05) is 24.3 Å². The Morgan fingerprint density at radius 1 is 1.10 bits per heavy atom. The zero-order chi connectivity index (χ0) is 28.3. The highest BCUT2D eigenvalue weighted by Crippen LogP contribution is 2.42. The van der Waals surface area contributed by atoms with Crippen LogP contribution in [0.4, 0.5) is 5.69 Å². The van der Waals surface area contributed by atoms with Crippen molar-refractivity contribution >= 4 is 32.9 Å². The Hall–Kier alpha value is -2.39. The van der Waals surface area contributed by atoms with E-state index in [1.165, 1.54) is 17.4 Å². The second-order valence-corrected chi connectivity index (χ2v) is 14.2. The number of aliphatic hydroxyl groups excluding tert-OH is 1. The third-order valence-electron chi connectivity index (χ3n) is 8.39. The summed E-state index contributed by atoms with van der Waals surface area (Å²) in [5.74, 6) is 0.980. The van der Waals surface area contributed by atoms with Gasteiger partial charge in [0.2, 0.25) is 0 Å². The molecule has 0 spiro atoms. The second-order valence-electron chi connectivity index (χ2n) is 11.3. The summed E-state index contributed by atoms with van der Waals surface area (Å²) in [6.45, 7) is 1.96. The summed E-state index contributed by atoms with van der Waals surface area (Å²) in [6, 6.07) is 11.5. The molecule has 2 heterocycles. The standard InChI is InChI=1S/C31H39ClN2O5S/c1-38-29-13-10-26(35)14-16-40(2,37)33-31(36)22-8-12-30-28(18-22)34(20-24-7-11-27(24)29)19-23-6-9-25(32)17-21(23)5-3-4-15-39-30/h6,8-10,12-13,17-18,24,26-27,29,35H,3-5,7,11,14-16,19-20H2,1-2H3/b13-10+/t24-,26-,27+,29-,40-/m0/s1. The maximum absolute atomic E-state index is 13.3. The molecule has 1 amide bonds. The van der Waals surface area contributed by atoms with E-state index in [0.29, 0.717) is 30.6 Å². The number of methoxy groups -OCH3 is 1. The molecule has 5 atom stereocenters. The molecular formula is C31H39ClN2O5S. The lowest BCUT2D eigenvalue weighted by atomic mass is 9.70. The number of carbonyl (C=O) groups excluding carboxylic acids is 1. The SMILES string of the molecule is CO[C@H]1/C=C/[C@H](O)CC[S@](C)(=O)=NC(=O)c2ccc3c(c2)N(Cc2ccc(Cl)cc2CCCCO3)C[C@@H]2CC[C@H]21. The number of ether oxygens (including phenoxy) is 2. The van der Waals surface area contributed by atoms with Gasteiger partial charge < -0.3 is 19.5 Å². The van der Waals surface area contributed by atoms with Gasteiger partial charge in [-0.3, -0.25) is 4.79 Å². The number of hydrogen-bond acceptors (Lipinski definition) is 6. The third-order valence-corrected chi connectivity index (χ3v) is 10.2. The van der Waals surface area contributed by atoms with Crippen molar-refractivity contribution in [3.63, 3.8) is 0 Å². The van der Waals surface area contributed by atoms with E-state index in [0.717, 1.165) is 55.1 Å². The molecule has 0 unspecified atom stereocenters. The zero-order valence-electron chi connectivity index (χ0n) is 23.3. The van der Waals surface area contributed by atoms with Crippen LogP contribution in [-0.2, 0) is 27.4 Å². The number of aryl methyl sites for hydroxylation is 1. The van der Waals surface area contributed by atoms with E-state index in [2.05, 4.69) is 21.4 Å². The summed E-state index contributed by atoms with van der Waals surface area (Å²) in [5.41, 5.74) is 3.64. The minimum absolute atomic E-state index is 0.119. The first-order chi connectivity index (χ1) is 19.2. The summed E-state index contributed by atoms with van der Waals surface area (Å²) in [6.07, 6.45) is 9.39. The van der Waals surface area contributed by atoms with Crippen LogP contribution < -0.4 is 9.64 Å². The van der Waals surface area contributed by atoms with E-state index >= 15 is 0 Å². The van der Waals surface area contributed by atoms with E-state index in [1.54, 1.807) is 19.3 Å². The fourth-order valence-corrected chi connectivity index (χ4v) is 7.36. The smallest absolute Gasteiger partial charge is 0.285 e. The van der Waals surface area contributed by atoms with Gasteiger partial charge in [-0.25, -0.2) is 4.21 Å². The molecule has 9 heteroatoms. The Morgan fingerprint density at radius 2 is 1.95 bits per heavy atom. The number of nitrogens with zero attached hydrogens (tertiary/aromatic N) is 2. The van der Waals surface area contributed by atoms with Gasteiger partial charge in [0.05, 0.1) is 34.2 Å². The van der Waals surface area contributed by atoms with Crippen LogP contribution in [0.2, 0.25) is 5.02 Å². The highest BCUT2D eigenvalue weighted by Gasteiger charge is 2.38. The van der Waals surface area contributed by atoms with Gasteiger partial charge in [0.15, 0.2) is 0 Å². The molecule has 216 valence electrons. The molecule has 0 aromatic heterocycles. The molecule has 2 bridgehead atoms. The van der Waals surface area contributed by atoms with Crippen molar-refractivity contribution in [2.45, 2.75) is 57.3 Å². The van der Waals surface area contributed by atoms with Gasteiger partial charge in [-0.15, -0.1) is 0 Å². The molecule has 1 aliphatic carbocycles. The number of fused-ring (bicyclic) bond motifs is 3. The van der Waals surface area contributed by atoms with Crippen LogP contribution >= 0.6 is 11.6 Å². The summed E-state index contributed by atoms with van der Waals surface area (Å²) in [7, 11) is -1.12. The minimum atomic E-state index is -2.83. The molecular weight excluding hydrogens is 548 g/mol. The molecule has 40 heavy (non-hydrogen) atoms. The van der Waals surface area contributed by atoms with Gasteiger partial charge in [0, 0.05) is 42.8 Å². The molecule has 1 fully saturated rings. The Labute approximate surface area is 242 Å². The van der Waals surface area contributed by atoms with Crippen LogP contribution in [0, 0.1) is 11.8 Å². The van der Waals surface area contributed by atoms with Crippen molar-refractivity contribution in [2.75, 3.05) is 37.2 Å². The number of amides is 1. The third kappa shape index (κ3) is 6.90. The predicted octanol–water partition coefficient (Wildman–Crippen LogP) is 5.66. The molecule has 5 rings (SSSR count). The molecule has 2 aromatic carbocycles. The predicted molar refractivity (Wildman–Crippen MR) is 160 cm³/mol. The first-order valence-electron chi connectivity index (χ1n) is 14.1. The Balaban J connectivity index is 1.62. The number of hydrogen-bond donors (Lipinski definition) is 1. The van der Waals surface area contributed by atoms with Gasteiger partial charge in [-0.05, 0) is 91.8 Å². The van der Waals surface area contributed by atoms with Crippen LogP contribution in [0.5, 0.6) is 5.75 Å². The van der Waals surface area contributed by atoms with Gasteiger partial charge in [-0.2, -0.15) is 4.36 Å². The van der Waals surface area contributed by atoms with Crippen molar-refractivity contribution in [3.8, 4) is 5.75 Å². The number of anilines is 1. The minimum Gasteiger partial charge on any atom is -0.491 e. The van der Waals surface area contributed by atoms with Gasteiger partial charge >= 0.3 is 0 Å². The van der Waals surface area contributed by atoms with Crippen LogP contribution in [0.1, 0.15) is 53.6 Å². The summed E-state index contributed by atoms with van der Waals surface area (Å²) < 4.78 is 29.5. The van der Waals surface area contributed by atoms with Gasteiger partial charge in [0.1, 0.15) is 5.75 Å². The Morgan fingerprint density at radius 3 is 2.73 bits per heavy atom. The molecule has 1 N–H and O–H groups in total. The first kappa shape index (κ1) is 29.1. The number of halogens is 1. The average Bonchev–Trinajstić information content (AvgIpc) is 2.94. The monoisotopic (exact) mass is 586 g/mol. The quantitative estimate of drug-likeness (QED) is 0.434. The normalized spacial score (nSPS) is 30.4. The largest absolute Gasteiger partial charge is 0.491 e. The lowest BCUT2D eigenvalue weighted by Crippen LogP contribution is -2.43. The summed E-state index contributed by atoms with van der Waals surface area (Å²) in [5, 5.41) is 11.3. The number of benzene rings is 2. The van der Waals surface area contributed by atoms with Gasteiger partial charge in [-0.1, -0.05) is 29.8 Å². The molecule has 7 nitrogen and oxygen atoms in total. The maximum atomic E-state index is 13.3. The van der Waals surface area contributed by atoms with Crippen LogP contribution in [0.3, 0.4) is 0 Å². The summed E-state index contributed by atoms with van der Waals surface area (Å²) >= 11 is 6.40. The zero-order valence-corrected chi connectivity index (χ0v) is 24.8. The number of carbonyl (C=O) groups is 1.